The summed E-state index contributed by atoms with van der Waals surface area (Å²) in [6.45, 7) is 16.4. The van der Waals surface area contributed by atoms with Crippen molar-refractivity contribution in [3.05, 3.63) is 0 Å². The van der Waals surface area contributed by atoms with E-state index in [-0.39, 0.29) is 6.10 Å². The van der Waals surface area contributed by atoms with Crippen LogP contribution in [-0.2, 0) is 0 Å². The largest absolute Gasteiger partial charge is 0.393 e. The second-order valence-electron chi connectivity index (χ2n) is 10.2. The molecule has 0 bridgehead atoms. The number of rotatable bonds is 9. The molecule has 1 saturated carbocycles. The highest BCUT2D eigenvalue weighted by Crippen LogP contribution is 2.39. The lowest BCUT2D eigenvalue weighted by Gasteiger charge is -2.39. The molecule has 0 saturated heterocycles. The molecule has 0 radical (unpaired) electrons. The van der Waals surface area contributed by atoms with Gasteiger partial charge < -0.3 is 5.11 Å². The minimum Gasteiger partial charge on any atom is -0.393 e. The Kier molecular flexibility index (Phi) is 9.34. The summed E-state index contributed by atoms with van der Waals surface area (Å²) < 4.78 is 0. The Hall–Kier alpha value is -0.0400. The highest BCUT2D eigenvalue weighted by Gasteiger charge is 2.35. The third-order valence-electron chi connectivity index (χ3n) is 6.71. The van der Waals surface area contributed by atoms with Crippen LogP contribution in [0.3, 0.4) is 0 Å². The summed E-state index contributed by atoms with van der Waals surface area (Å²) in [5, 5.41) is 11.2. The zero-order valence-electron chi connectivity index (χ0n) is 17.8. The Balaban J connectivity index is 2.69. The first-order valence-corrected chi connectivity index (χ1v) is 10.9. The molecule has 0 aromatic rings. The molecule has 0 spiro atoms. The lowest BCUT2D eigenvalue weighted by Crippen LogP contribution is -2.38. The van der Waals surface area contributed by atoms with Gasteiger partial charge in [-0.25, -0.2) is 0 Å². The van der Waals surface area contributed by atoms with Crippen molar-refractivity contribution in [1.29, 1.82) is 0 Å². The molecule has 1 nitrogen and oxygen atoms in total. The molecule has 1 aliphatic rings. The summed E-state index contributed by atoms with van der Waals surface area (Å²) in [6, 6.07) is 0. The van der Waals surface area contributed by atoms with Crippen LogP contribution in [0, 0.1) is 35.0 Å². The van der Waals surface area contributed by atoms with E-state index in [1.165, 1.54) is 51.4 Å². The van der Waals surface area contributed by atoms with Crippen LogP contribution >= 0.6 is 0 Å². The third kappa shape index (κ3) is 7.06. The summed E-state index contributed by atoms with van der Waals surface area (Å²) >= 11 is 0. The van der Waals surface area contributed by atoms with E-state index in [0.29, 0.717) is 29.1 Å². The Morgan fingerprint density at radius 2 is 1.54 bits per heavy atom. The van der Waals surface area contributed by atoms with E-state index in [1.807, 2.05) is 0 Å². The molecule has 1 heteroatoms. The maximum absolute atomic E-state index is 11.2. The van der Waals surface area contributed by atoms with E-state index < -0.39 is 0 Å². The van der Waals surface area contributed by atoms with Gasteiger partial charge in [0.2, 0.25) is 0 Å². The molecule has 0 amide bonds. The van der Waals surface area contributed by atoms with Gasteiger partial charge in [0, 0.05) is 0 Å². The monoisotopic (exact) mass is 338 g/mol. The first-order valence-electron chi connectivity index (χ1n) is 10.9. The fourth-order valence-electron chi connectivity index (χ4n) is 5.04. The van der Waals surface area contributed by atoms with Gasteiger partial charge in [0.05, 0.1) is 6.10 Å². The molecule has 4 unspecified atom stereocenters. The van der Waals surface area contributed by atoms with E-state index in [1.54, 1.807) is 0 Å². The molecule has 0 aliphatic heterocycles. The lowest BCUT2D eigenvalue weighted by molar-refractivity contribution is -0.0141. The van der Waals surface area contributed by atoms with Gasteiger partial charge in [0.25, 0.3) is 0 Å². The fourth-order valence-corrected chi connectivity index (χ4v) is 5.04. The second-order valence-corrected chi connectivity index (χ2v) is 10.2. The van der Waals surface area contributed by atoms with Crippen LogP contribution in [0.2, 0.25) is 0 Å². The Bertz CT molecular complexity index is 321. The second kappa shape index (κ2) is 10.2. The van der Waals surface area contributed by atoms with Crippen LogP contribution in [0.1, 0.15) is 106 Å². The van der Waals surface area contributed by atoms with E-state index in [0.717, 1.165) is 12.3 Å². The molecular formula is C23H46O. The predicted molar refractivity (Wildman–Crippen MR) is 107 cm³/mol. The van der Waals surface area contributed by atoms with Crippen LogP contribution in [0.25, 0.3) is 0 Å². The van der Waals surface area contributed by atoms with Crippen LogP contribution in [0.15, 0.2) is 0 Å². The topological polar surface area (TPSA) is 20.2 Å². The SMILES string of the molecule is CCC(C(O)C(C)C1CCCCC1)C(CCCC(C)(C)C)C(C)C. The standard InChI is InChI=1S/C23H46O/c1-8-20(21(17(2)3)15-12-16-23(5,6)7)22(24)18(4)19-13-10-9-11-14-19/h17-22,24H,8-16H2,1-7H3. The number of hydrogen-bond donors (Lipinski definition) is 1. The maximum atomic E-state index is 11.2. The minimum absolute atomic E-state index is 0.111. The molecule has 24 heavy (non-hydrogen) atoms. The average Bonchev–Trinajstić information content (AvgIpc) is 2.52. The van der Waals surface area contributed by atoms with Crippen molar-refractivity contribution in [2.45, 2.75) is 112 Å². The minimum atomic E-state index is -0.111. The zero-order chi connectivity index (χ0) is 18.3. The fraction of sp³-hybridized carbons (Fsp3) is 1.00. The number of hydrogen-bond acceptors (Lipinski definition) is 1. The van der Waals surface area contributed by atoms with Gasteiger partial charge >= 0.3 is 0 Å². The quantitative estimate of drug-likeness (QED) is 0.476. The predicted octanol–water partition coefficient (Wildman–Crippen LogP) is 7.08. The van der Waals surface area contributed by atoms with Crippen molar-refractivity contribution in [1.82, 2.24) is 0 Å². The highest BCUT2D eigenvalue weighted by molar-refractivity contribution is 4.85. The van der Waals surface area contributed by atoms with Crippen LogP contribution in [-0.4, -0.2) is 11.2 Å². The molecule has 1 aliphatic carbocycles. The number of aliphatic hydroxyl groups is 1. The molecule has 0 aromatic carbocycles. The van der Waals surface area contributed by atoms with Gasteiger partial charge in [-0.3, -0.25) is 0 Å². The molecule has 4 atom stereocenters. The highest BCUT2D eigenvalue weighted by atomic mass is 16.3. The van der Waals surface area contributed by atoms with Crippen LogP contribution < -0.4 is 0 Å². The van der Waals surface area contributed by atoms with Gasteiger partial charge in [0.1, 0.15) is 0 Å². The Morgan fingerprint density at radius 3 is 2.00 bits per heavy atom. The summed E-state index contributed by atoms with van der Waals surface area (Å²) in [5.74, 6) is 3.03. The molecule has 144 valence electrons. The van der Waals surface area contributed by atoms with E-state index in [4.69, 9.17) is 0 Å². The van der Waals surface area contributed by atoms with Crippen molar-refractivity contribution in [3.8, 4) is 0 Å². The Morgan fingerprint density at radius 1 is 0.958 bits per heavy atom. The van der Waals surface area contributed by atoms with Crippen molar-refractivity contribution in [2.75, 3.05) is 0 Å². The van der Waals surface area contributed by atoms with Crippen molar-refractivity contribution in [3.63, 3.8) is 0 Å². The van der Waals surface area contributed by atoms with Crippen LogP contribution in [0.5, 0.6) is 0 Å². The molecule has 1 rings (SSSR count). The molecule has 1 fully saturated rings. The molecular weight excluding hydrogens is 292 g/mol. The smallest absolute Gasteiger partial charge is 0.0599 e. The number of aliphatic hydroxyl groups excluding tert-OH is 1. The van der Waals surface area contributed by atoms with Crippen LogP contribution in [0.4, 0.5) is 0 Å². The lowest BCUT2D eigenvalue weighted by atomic mass is 9.68. The van der Waals surface area contributed by atoms with Crippen molar-refractivity contribution >= 4 is 0 Å². The van der Waals surface area contributed by atoms with Crippen molar-refractivity contribution in [2.24, 2.45) is 35.0 Å². The normalized spacial score (nSPS) is 22.4. The zero-order valence-corrected chi connectivity index (χ0v) is 17.8. The van der Waals surface area contributed by atoms with Gasteiger partial charge in [-0.05, 0) is 47.8 Å². The summed E-state index contributed by atoms with van der Waals surface area (Å²) in [5.41, 5.74) is 0.428. The van der Waals surface area contributed by atoms with E-state index in [2.05, 4.69) is 48.5 Å². The van der Waals surface area contributed by atoms with E-state index >= 15 is 0 Å². The van der Waals surface area contributed by atoms with E-state index in [9.17, 15) is 5.11 Å². The average molecular weight is 339 g/mol. The first-order chi connectivity index (χ1) is 11.2. The maximum Gasteiger partial charge on any atom is 0.0599 e. The van der Waals surface area contributed by atoms with Gasteiger partial charge in [-0.1, -0.05) is 93.4 Å². The summed E-state index contributed by atoms with van der Waals surface area (Å²) in [6.07, 6.45) is 11.7. The first kappa shape index (κ1) is 22.0. The van der Waals surface area contributed by atoms with Gasteiger partial charge in [0.15, 0.2) is 0 Å². The molecule has 0 heterocycles. The van der Waals surface area contributed by atoms with Gasteiger partial charge in [-0.2, -0.15) is 0 Å². The van der Waals surface area contributed by atoms with Crippen molar-refractivity contribution < 1.29 is 5.11 Å². The van der Waals surface area contributed by atoms with Gasteiger partial charge in [-0.15, -0.1) is 0 Å². The molecule has 1 N–H and O–H groups in total. The Labute approximate surface area is 153 Å². The summed E-state index contributed by atoms with van der Waals surface area (Å²) in [7, 11) is 0. The third-order valence-corrected chi connectivity index (χ3v) is 6.71. The molecule has 0 aromatic heterocycles. The summed E-state index contributed by atoms with van der Waals surface area (Å²) in [4.78, 5) is 0.